The first kappa shape index (κ1) is 46.6. The molecule has 3 N–H and O–H groups in total. The number of carbonyl (C=O) groups is 1. The van der Waals surface area contributed by atoms with Gasteiger partial charge in [-0.15, -0.1) is 11.3 Å². The van der Waals surface area contributed by atoms with E-state index in [1.807, 2.05) is 19.1 Å². The second-order valence-corrected chi connectivity index (χ2v) is 18.0. The number of carboxylic acids is 1. The first-order valence-electron chi connectivity index (χ1n) is 22.0. The molecule has 3 aromatic heterocycles. The van der Waals surface area contributed by atoms with Gasteiger partial charge in [0.1, 0.15) is 72.0 Å². The van der Waals surface area contributed by atoms with Crippen LogP contribution in [0.3, 0.4) is 0 Å². The van der Waals surface area contributed by atoms with Crippen LogP contribution in [0.2, 0.25) is 5.02 Å². The molecule has 0 aliphatic carbocycles. The summed E-state index contributed by atoms with van der Waals surface area (Å²) in [5.41, 5.74) is 4.53. The van der Waals surface area contributed by atoms with Crippen LogP contribution >= 0.6 is 22.9 Å². The van der Waals surface area contributed by atoms with Crippen LogP contribution in [0.5, 0.6) is 28.9 Å². The minimum Gasteiger partial charge on any atom is -0.491 e. The number of halogens is 2. The van der Waals surface area contributed by atoms with Crippen molar-refractivity contribution in [1.29, 1.82) is 0 Å². The fourth-order valence-electron chi connectivity index (χ4n) is 8.06. The number of aliphatic hydroxyl groups is 2. The lowest BCUT2D eigenvalue weighted by atomic mass is 9.96. The van der Waals surface area contributed by atoms with Crippen LogP contribution in [-0.4, -0.2) is 129 Å². The van der Waals surface area contributed by atoms with Gasteiger partial charge in [0.2, 0.25) is 12.0 Å². The Hall–Kier alpha value is -6.47. The number of aliphatic carboxylic acids is 1. The molecule has 6 heterocycles. The van der Waals surface area contributed by atoms with E-state index in [1.165, 1.54) is 29.8 Å². The summed E-state index contributed by atoms with van der Waals surface area (Å²) in [4.78, 5) is 37.5. The molecule has 0 spiro atoms. The summed E-state index contributed by atoms with van der Waals surface area (Å²) in [6, 6.07) is 23.9. The molecule has 7 aromatic rings. The Morgan fingerprint density at radius 1 is 0.956 bits per heavy atom. The monoisotopic (exact) mass is 962 g/mol. The molecular formula is C50H48ClFN6O9S. The fraction of sp³-hybridized carbons (Fsp3) is 0.300. The predicted molar refractivity (Wildman–Crippen MR) is 254 cm³/mol. The molecule has 4 aromatic carbocycles. The molecule has 1 saturated heterocycles. The molecule has 10 rings (SSSR count). The van der Waals surface area contributed by atoms with Gasteiger partial charge in [0, 0.05) is 66.9 Å². The van der Waals surface area contributed by atoms with E-state index in [1.54, 1.807) is 66.9 Å². The largest absolute Gasteiger partial charge is 0.491 e. The summed E-state index contributed by atoms with van der Waals surface area (Å²) in [7, 11) is 2.10. The van der Waals surface area contributed by atoms with Crippen LogP contribution in [-0.2, 0) is 17.8 Å². The van der Waals surface area contributed by atoms with E-state index in [0.29, 0.717) is 89.7 Å². The Kier molecular flexibility index (Phi) is 14.3. The number of aliphatic hydroxyl groups excluding tert-OH is 2. The van der Waals surface area contributed by atoms with Crippen molar-refractivity contribution in [3.05, 3.63) is 125 Å². The van der Waals surface area contributed by atoms with Gasteiger partial charge in [-0.25, -0.2) is 29.1 Å². The molecule has 0 amide bonds. The molecule has 4 bridgehead atoms. The Morgan fingerprint density at radius 2 is 1.74 bits per heavy atom. The number of hydrogen-bond donors (Lipinski definition) is 3. The van der Waals surface area contributed by atoms with Crippen LogP contribution < -0.4 is 23.7 Å². The lowest BCUT2D eigenvalue weighted by molar-refractivity contribution is -0.145. The molecule has 0 saturated carbocycles. The molecule has 1 fully saturated rings. The molecule has 3 aliphatic heterocycles. The molecule has 1 unspecified atom stereocenters. The molecule has 352 valence electrons. The zero-order valence-electron chi connectivity index (χ0n) is 37.2. The Morgan fingerprint density at radius 3 is 2.50 bits per heavy atom. The average Bonchev–Trinajstić information content (AvgIpc) is 3.74. The zero-order valence-corrected chi connectivity index (χ0v) is 38.8. The third kappa shape index (κ3) is 10.6. The Bertz CT molecular complexity index is 2900. The maximum absolute atomic E-state index is 14.3. The van der Waals surface area contributed by atoms with Gasteiger partial charge in [0.05, 0.1) is 22.7 Å². The summed E-state index contributed by atoms with van der Waals surface area (Å²) in [6.45, 7) is 5.67. The van der Waals surface area contributed by atoms with E-state index in [4.69, 9.17) is 45.4 Å². The fourth-order valence-corrected chi connectivity index (χ4v) is 9.43. The van der Waals surface area contributed by atoms with E-state index in [2.05, 4.69) is 31.8 Å². The quantitative estimate of drug-likeness (QED) is 0.110. The summed E-state index contributed by atoms with van der Waals surface area (Å²) in [5.74, 6) is 0.666. The highest BCUT2D eigenvalue weighted by Gasteiger charge is 2.30. The molecule has 18 heteroatoms. The van der Waals surface area contributed by atoms with E-state index in [0.717, 1.165) is 31.1 Å². The number of nitrogens with zero attached hydrogens (tertiary/aromatic N) is 6. The molecule has 3 atom stereocenters. The van der Waals surface area contributed by atoms with Crippen molar-refractivity contribution in [1.82, 2.24) is 29.7 Å². The zero-order chi connectivity index (χ0) is 47.3. The number of thiophene rings is 1. The topological polar surface area (TPSA) is 182 Å². The number of likely N-dealkylation sites (N-methyl/N-ethyl adjacent to an activating group) is 1. The van der Waals surface area contributed by atoms with Gasteiger partial charge < -0.3 is 43.9 Å². The van der Waals surface area contributed by atoms with E-state index in [-0.39, 0.29) is 37.9 Å². The van der Waals surface area contributed by atoms with E-state index < -0.39 is 30.9 Å². The SMILES string of the molecule is Cc1c2ccc(c1Cl)OC(CN1CCN(C)CC1)COc1ccc(OCc3ccnc(-c4ccc(OC[C@H](O)CO)cc4)n3)c(c1)C[C@@H](C(=O)O)Oc1ncnc3sc(-c4ccc(F)cc4)c-2c13. The third-order valence-corrected chi connectivity index (χ3v) is 13.4. The third-order valence-electron chi connectivity index (χ3n) is 11.8. The lowest BCUT2D eigenvalue weighted by Crippen LogP contribution is -2.49. The normalized spacial score (nSPS) is 17.1. The number of ether oxygens (including phenoxy) is 5. The molecule has 15 nitrogen and oxygen atoms in total. The van der Waals surface area contributed by atoms with Crippen LogP contribution in [0.1, 0.15) is 16.8 Å². The number of piperazine rings is 1. The van der Waals surface area contributed by atoms with Crippen molar-refractivity contribution >= 4 is 39.1 Å². The summed E-state index contributed by atoms with van der Waals surface area (Å²) < 4.78 is 45.9. The van der Waals surface area contributed by atoms with Gasteiger partial charge in [-0.2, -0.15) is 0 Å². The van der Waals surface area contributed by atoms with Gasteiger partial charge in [0.25, 0.3) is 0 Å². The highest BCUT2D eigenvalue weighted by molar-refractivity contribution is 7.22. The van der Waals surface area contributed by atoms with Crippen molar-refractivity contribution in [2.24, 2.45) is 0 Å². The summed E-state index contributed by atoms with van der Waals surface area (Å²) in [5, 5.41) is 30.4. The van der Waals surface area contributed by atoms with Crippen LogP contribution in [0.15, 0.2) is 97.5 Å². The van der Waals surface area contributed by atoms with Gasteiger partial charge in [-0.1, -0.05) is 29.8 Å². The minimum atomic E-state index is -1.46. The van der Waals surface area contributed by atoms with E-state index >= 15 is 0 Å². The second kappa shape index (κ2) is 20.8. The first-order valence-corrected chi connectivity index (χ1v) is 23.2. The number of fused-ring (bicyclic) bond motifs is 7. The predicted octanol–water partition coefficient (Wildman–Crippen LogP) is 7.36. The van der Waals surface area contributed by atoms with Crippen molar-refractivity contribution in [3.8, 4) is 61.8 Å². The number of rotatable bonds is 12. The average molecular weight is 963 g/mol. The smallest absolute Gasteiger partial charge is 0.345 e. The van der Waals surface area contributed by atoms with Crippen molar-refractivity contribution in [2.45, 2.75) is 38.3 Å². The standard InChI is InChI=1S/C50H48ClFN6O9S/c1-29-39-12-14-41(45(29)51)66-38(23-58-19-17-57(2)18-20-58)27-64-37-11-13-40(65-25-34-15-16-53-47(56-34)31-5-9-36(10-6-31)63-26-35(60)24-59)32(21-37)22-42(50(61)62)67-48-44-43(39)46(68-49(44)55-28-54-48)30-3-7-33(52)8-4-30/h3-16,21,28,35,38,42,59-60H,17-20,22-27H2,1-2H3,(H,61,62)/t35-,38?,42+/m1/s1. The number of carboxylic acid groups (broad SMARTS) is 1. The molecular weight excluding hydrogens is 915 g/mol. The Labute approximate surface area is 400 Å². The molecule has 0 radical (unpaired) electrons. The molecule has 68 heavy (non-hydrogen) atoms. The Balaban J connectivity index is 1.08. The minimum absolute atomic E-state index is 0.0107. The van der Waals surface area contributed by atoms with Crippen molar-refractivity contribution in [2.75, 3.05) is 59.6 Å². The second-order valence-electron chi connectivity index (χ2n) is 16.6. The highest BCUT2D eigenvalue weighted by Crippen LogP contribution is 2.49. The van der Waals surface area contributed by atoms with E-state index in [9.17, 15) is 19.4 Å². The number of benzene rings is 4. The number of aromatic nitrogens is 4. The number of hydrogen-bond acceptors (Lipinski definition) is 15. The summed E-state index contributed by atoms with van der Waals surface area (Å²) >= 11 is 8.58. The summed E-state index contributed by atoms with van der Waals surface area (Å²) in [6.07, 6.45) is -0.118. The van der Waals surface area contributed by atoms with Gasteiger partial charge in [-0.05, 0) is 97.4 Å². The van der Waals surface area contributed by atoms with Gasteiger partial charge in [0.15, 0.2) is 5.82 Å². The van der Waals surface area contributed by atoms with Crippen LogP contribution in [0.25, 0.3) is 43.2 Å². The van der Waals surface area contributed by atoms with Crippen LogP contribution in [0.4, 0.5) is 4.39 Å². The first-order chi connectivity index (χ1) is 33.0. The maximum Gasteiger partial charge on any atom is 0.345 e. The van der Waals surface area contributed by atoms with Crippen molar-refractivity contribution < 1.29 is 48.2 Å². The molecule has 3 aliphatic rings. The van der Waals surface area contributed by atoms with Gasteiger partial charge >= 0.3 is 5.97 Å². The van der Waals surface area contributed by atoms with Crippen molar-refractivity contribution in [3.63, 3.8) is 0 Å². The highest BCUT2D eigenvalue weighted by atomic mass is 35.5. The van der Waals surface area contributed by atoms with Gasteiger partial charge in [-0.3, -0.25) is 4.90 Å². The maximum atomic E-state index is 14.3. The van der Waals surface area contributed by atoms with Crippen LogP contribution in [0, 0.1) is 12.7 Å². The lowest BCUT2D eigenvalue weighted by Gasteiger charge is -2.34.